The molecule has 0 saturated carbocycles. The van der Waals surface area contributed by atoms with Crippen LogP contribution in [0.4, 0.5) is 0 Å². The van der Waals surface area contributed by atoms with Gasteiger partial charge in [-0.3, -0.25) is 0 Å². The van der Waals surface area contributed by atoms with E-state index >= 15 is 0 Å². The Labute approximate surface area is 96.2 Å². The van der Waals surface area contributed by atoms with Gasteiger partial charge < -0.3 is 14.3 Å². The van der Waals surface area contributed by atoms with E-state index in [1.165, 1.54) is 6.07 Å². The molecular weight excluding hydrogens is 224 g/mol. The molecule has 0 atom stereocenters. The summed E-state index contributed by atoms with van der Waals surface area (Å²) in [5.74, 6) is -0.706. The van der Waals surface area contributed by atoms with Crippen LogP contribution in [0, 0.1) is 6.92 Å². The Morgan fingerprint density at radius 2 is 2.18 bits per heavy atom. The number of hydrogen-bond donors (Lipinski definition) is 1. The molecule has 17 heavy (non-hydrogen) atoms. The first kappa shape index (κ1) is 11.2. The Hall–Kier alpha value is -2.30. The maximum Gasteiger partial charge on any atom is 0.341 e. The molecule has 1 N–H and O–H groups in total. The van der Waals surface area contributed by atoms with E-state index in [0.717, 1.165) is 5.39 Å². The average Bonchev–Trinajstić information content (AvgIpc) is 2.28. The first-order valence-corrected chi connectivity index (χ1v) is 4.95. The van der Waals surface area contributed by atoms with Crippen molar-refractivity contribution in [1.82, 2.24) is 0 Å². The molecule has 1 aromatic heterocycles. The van der Waals surface area contributed by atoms with Crippen molar-refractivity contribution >= 4 is 16.9 Å². The van der Waals surface area contributed by atoms with Crippen molar-refractivity contribution in [2.75, 3.05) is 6.61 Å². The summed E-state index contributed by atoms with van der Waals surface area (Å²) in [4.78, 5) is 21.6. The van der Waals surface area contributed by atoms with Crippen LogP contribution in [0.2, 0.25) is 0 Å². The summed E-state index contributed by atoms with van der Waals surface area (Å²) in [6.45, 7) is 1.24. The molecule has 1 aromatic carbocycles. The number of carboxylic acids is 1. The standard InChI is InChI=1S/C12H10O5/c1-7-4-8-2-3-9(16-6-11(13)14)5-10(8)17-12(7)15/h2-5H,6H2,1H3,(H,13,14). The van der Waals surface area contributed by atoms with Crippen molar-refractivity contribution in [2.45, 2.75) is 6.92 Å². The molecule has 0 spiro atoms. The zero-order valence-corrected chi connectivity index (χ0v) is 9.10. The van der Waals surface area contributed by atoms with Gasteiger partial charge in [0.2, 0.25) is 0 Å². The largest absolute Gasteiger partial charge is 0.482 e. The zero-order valence-electron chi connectivity index (χ0n) is 9.10. The minimum absolute atomic E-state index is 0.354. The van der Waals surface area contributed by atoms with Crippen molar-refractivity contribution in [3.05, 3.63) is 40.2 Å². The van der Waals surface area contributed by atoms with Gasteiger partial charge in [-0.2, -0.15) is 0 Å². The second kappa shape index (κ2) is 4.29. The van der Waals surface area contributed by atoms with Crippen LogP contribution in [0.25, 0.3) is 11.0 Å². The third kappa shape index (κ3) is 2.44. The highest BCUT2D eigenvalue weighted by molar-refractivity contribution is 5.78. The highest BCUT2D eigenvalue weighted by atomic mass is 16.5. The molecule has 0 amide bonds. The van der Waals surface area contributed by atoms with Crippen LogP contribution in [0.3, 0.4) is 0 Å². The SMILES string of the molecule is Cc1cc2ccc(OCC(=O)O)cc2oc1=O. The maximum atomic E-state index is 11.3. The second-order valence-corrected chi connectivity index (χ2v) is 3.60. The van der Waals surface area contributed by atoms with E-state index < -0.39 is 18.2 Å². The first-order valence-electron chi connectivity index (χ1n) is 4.95. The second-order valence-electron chi connectivity index (χ2n) is 3.60. The van der Waals surface area contributed by atoms with Crippen molar-refractivity contribution in [1.29, 1.82) is 0 Å². The molecule has 88 valence electrons. The number of carboxylic acid groups (broad SMARTS) is 1. The zero-order chi connectivity index (χ0) is 12.4. The Morgan fingerprint density at radius 1 is 1.41 bits per heavy atom. The lowest BCUT2D eigenvalue weighted by Gasteiger charge is -2.04. The van der Waals surface area contributed by atoms with Crippen molar-refractivity contribution in [3.63, 3.8) is 0 Å². The highest BCUT2D eigenvalue weighted by Crippen LogP contribution is 2.20. The fraction of sp³-hybridized carbons (Fsp3) is 0.167. The molecule has 5 nitrogen and oxygen atoms in total. The molecule has 2 aromatic rings. The Bertz CT molecular complexity index is 626. The van der Waals surface area contributed by atoms with Gasteiger partial charge in [0.05, 0.1) is 0 Å². The number of carbonyl (C=O) groups is 1. The molecule has 0 aliphatic heterocycles. The van der Waals surface area contributed by atoms with E-state index in [1.807, 2.05) is 0 Å². The Kier molecular flexibility index (Phi) is 2.82. The summed E-state index contributed by atoms with van der Waals surface area (Å²) >= 11 is 0. The quantitative estimate of drug-likeness (QED) is 0.815. The van der Waals surface area contributed by atoms with E-state index in [2.05, 4.69) is 0 Å². The van der Waals surface area contributed by atoms with Gasteiger partial charge in [-0.1, -0.05) is 0 Å². The van der Waals surface area contributed by atoms with E-state index in [9.17, 15) is 9.59 Å². The fourth-order valence-corrected chi connectivity index (χ4v) is 1.43. The molecular formula is C12H10O5. The summed E-state index contributed by atoms with van der Waals surface area (Å²) in [7, 11) is 0. The van der Waals surface area contributed by atoms with Gasteiger partial charge in [0, 0.05) is 17.0 Å². The summed E-state index contributed by atoms with van der Waals surface area (Å²) in [5, 5.41) is 9.24. The number of ether oxygens (including phenoxy) is 1. The van der Waals surface area contributed by atoms with Gasteiger partial charge in [0.15, 0.2) is 6.61 Å². The highest BCUT2D eigenvalue weighted by Gasteiger charge is 2.04. The van der Waals surface area contributed by atoms with Crippen LogP contribution in [-0.2, 0) is 4.79 Å². The molecule has 0 saturated heterocycles. The third-order valence-corrected chi connectivity index (χ3v) is 2.24. The van der Waals surface area contributed by atoms with Gasteiger partial charge in [0.1, 0.15) is 11.3 Å². The number of benzene rings is 1. The Balaban J connectivity index is 2.40. The maximum absolute atomic E-state index is 11.3. The smallest absolute Gasteiger partial charge is 0.341 e. The summed E-state index contributed by atoms with van der Waals surface area (Å²) < 4.78 is 10.0. The lowest BCUT2D eigenvalue weighted by atomic mass is 10.2. The van der Waals surface area contributed by atoms with Crippen LogP contribution < -0.4 is 10.4 Å². The van der Waals surface area contributed by atoms with Crippen molar-refractivity contribution in [2.24, 2.45) is 0 Å². The molecule has 0 aliphatic carbocycles. The van der Waals surface area contributed by atoms with Gasteiger partial charge in [-0.25, -0.2) is 9.59 Å². The molecule has 0 bridgehead atoms. The monoisotopic (exact) mass is 234 g/mol. The minimum atomic E-state index is -1.06. The number of fused-ring (bicyclic) bond motifs is 1. The van der Waals surface area contributed by atoms with E-state index in [1.54, 1.807) is 25.1 Å². The number of aryl methyl sites for hydroxylation is 1. The molecule has 0 unspecified atom stereocenters. The van der Waals surface area contributed by atoms with E-state index in [4.69, 9.17) is 14.3 Å². The topological polar surface area (TPSA) is 76.7 Å². The summed E-state index contributed by atoms with van der Waals surface area (Å²) in [6, 6.07) is 6.55. The van der Waals surface area contributed by atoms with Gasteiger partial charge in [-0.15, -0.1) is 0 Å². The molecule has 1 heterocycles. The molecule has 0 fully saturated rings. The van der Waals surface area contributed by atoms with Gasteiger partial charge >= 0.3 is 11.6 Å². The van der Waals surface area contributed by atoms with E-state index in [0.29, 0.717) is 16.9 Å². The van der Waals surface area contributed by atoms with Gasteiger partial charge in [0.25, 0.3) is 0 Å². The predicted octanol–water partition coefficient (Wildman–Crippen LogP) is 1.56. The number of hydrogen-bond acceptors (Lipinski definition) is 4. The normalized spacial score (nSPS) is 10.4. The molecule has 0 radical (unpaired) electrons. The molecule has 0 aliphatic rings. The van der Waals surface area contributed by atoms with Crippen molar-refractivity contribution < 1.29 is 19.1 Å². The number of rotatable bonds is 3. The lowest BCUT2D eigenvalue weighted by molar-refractivity contribution is -0.139. The first-order chi connectivity index (χ1) is 8.06. The summed E-state index contributed by atoms with van der Waals surface area (Å²) in [6.07, 6.45) is 0. The van der Waals surface area contributed by atoms with Crippen LogP contribution in [-0.4, -0.2) is 17.7 Å². The minimum Gasteiger partial charge on any atom is -0.482 e. The summed E-state index contributed by atoms with van der Waals surface area (Å²) in [5.41, 5.74) is 0.494. The number of aliphatic carboxylic acids is 1. The van der Waals surface area contributed by atoms with E-state index in [-0.39, 0.29) is 0 Å². The molecule has 2 rings (SSSR count). The third-order valence-electron chi connectivity index (χ3n) is 2.24. The van der Waals surface area contributed by atoms with Crippen LogP contribution in [0.1, 0.15) is 5.56 Å². The fourth-order valence-electron chi connectivity index (χ4n) is 1.43. The predicted molar refractivity (Wildman–Crippen MR) is 60.4 cm³/mol. The molecule has 5 heteroatoms. The van der Waals surface area contributed by atoms with Crippen LogP contribution in [0.15, 0.2) is 33.5 Å². The van der Waals surface area contributed by atoms with Crippen LogP contribution in [0.5, 0.6) is 5.75 Å². The lowest BCUT2D eigenvalue weighted by Crippen LogP contribution is -2.09. The van der Waals surface area contributed by atoms with Crippen molar-refractivity contribution in [3.8, 4) is 5.75 Å². The van der Waals surface area contributed by atoms with Gasteiger partial charge in [-0.05, 0) is 25.1 Å². The van der Waals surface area contributed by atoms with Crippen LogP contribution >= 0.6 is 0 Å². The Morgan fingerprint density at radius 3 is 2.88 bits per heavy atom. The average molecular weight is 234 g/mol.